The van der Waals surface area contributed by atoms with Crippen molar-refractivity contribution < 1.29 is 14.3 Å². The minimum Gasteiger partial charge on any atom is -0.445 e. The number of pyridine rings is 1. The molecular weight excluding hydrogens is 318 g/mol. The largest absolute Gasteiger partial charge is 0.445 e. The topological polar surface area (TPSA) is 71.5 Å². The predicted molar refractivity (Wildman–Crippen MR) is 93.8 cm³/mol. The maximum absolute atomic E-state index is 12.7. The first-order chi connectivity index (χ1) is 12.1. The average molecular weight is 339 g/mol. The summed E-state index contributed by atoms with van der Waals surface area (Å²) in [7, 11) is 0. The van der Waals surface area contributed by atoms with Crippen molar-refractivity contribution in [1.29, 1.82) is 0 Å². The molecule has 1 unspecified atom stereocenters. The molecule has 0 bridgehead atoms. The molecule has 1 aromatic carbocycles. The highest BCUT2D eigenvalue weighted by molar-refractivity contribution is 5.99. The Morgan fingerprint density at radius 2 is 2.04 bits per heavy atom. The smallest absolute Gasteiger partial charge is 0.410 e. The van der Waals surface area contributed by atoms with Crippen molar-refractivity contribution in [3.05, 3.63) is 60.4 Å². The summed E-state index contributed by atoms with van der Waals surface area (Å²) in [6.45, 7) is 2.47. The Morgan fingerprint density at radius 1 is 1.24 bits per heavy atom. The van der Waals surface area contributed by atoms with Gasteiger partial charge in [0, 0.05) is 12.7 Å². The molecule has 2 amide bonds. The van der Waals surface area contributed by atoms with E-state index in [1.54, 1.807) is 31.5 Å². The first kappa shape index (κ1) is 17.0. The minimum atomic E-state index is -0.927. The Bertz CT molecular complexity index is 736. The molecule has 0 radical (unpaired) electrons. The molecule has 6 nitrogen and oxygen atoms in total. The number of nitrogens with one attached hydrogen (secondary N) is 1. The second-order valence-electron chi connectivity index (χ2n) is 6.27. The minimum absolute atomic E-state index is 0.191. The molecule has 0 spiro atoms. The van der Waals surface area contributed by atoms with Crippen LogP contribution in [-0.4, -0.2) is 34.0 Å². The monoisotopic (exact) mass is 339 g/mol. The van der Waals surface area contributed by atoms with Gasteiger partial charge in [-0.1, -0.05) is 30.3 Å². The standard InChI is InChI=1S/C19H21N3O3/c1-19(17(23)21-16-9-5-11-20-13-16)10-6-12-22(19)18(24)25-14-15-7-3-2-4-8-15/h2-5,7-9,11,13H,6,10,12,14H2,1H3,(H,21,23). The zero-order valence-corrected chi connectivity index (χ0v) is 14.1. The molecule has 130 valence electrons. The van der Waals surface area contributed by atoms with Crippen molar-refractivity contribution >= 4 is 17.7 Å². The lowest BCUT2D eigenvalue weighted by Crippen LogP contribution is -2.53. The molecule has 6 heteroatoms. The number of benzene rings is 1. The molecule has 1 saturated heterocycles. The number of carbonyl (C=O) groups excluding carboxylic acids is 2. The number of rotatable bonds is 4. The van der Waals surface area contributed by atoms with Gasteiger partial charge in [-0.3, -0.25) is 14.7 Å². The molecule has 1 atom stereocenters. The average Bonchev–Trinajstić information content (AvgIpc) is 3.04. The highest BCUT2D eigenvalue weighted by Gasteiger charge is 2.46. The summed E-state index contributed by atoms with van der Waals surface area (Å²) in [5.74, 6) is -0.227. The van der Waals surface area contributed by atoms with Crippen LogP contribution in [0.15, 0.2) is 54.9 Å². The molecule has 1 N–H and O–H groups in total. The summed E-state index contributed by atoms with van der Waals surface area (Å²) < 4.78 is 5.40. The van der Waals surface area contributed by atoms with Crippen LogP contribution in [0, 0.1) is 0 Å². The van der Waals surface area contributed by atoms with Crippen molar-refractivity contribution in [3.8, 4) is 0 Å². The number of likely N-dealkylation sites (tertiary alicyclic amines) is 1. The zero-order valence-electron chi connectivity index (χ0n) is 14.1. The van der Waals surface area contributed by atoms with E-state index in [1.165, 1.54) is 4.90 Å². The van der Waals surface area contributed by atoms with Gasteiger partial charge in [-0.05, 0) is 37.5 Å². The zero-order chi connectivity index (χ0) is 17.7. The van der Waals surface area contributed by atoms with Gasteiger partial charge in [0.1, 0.15) is 12.1 Å². The third kappa shape index (κ3) is 3.79. The van der Waals surface area contributed by atoms with E-state index in [2.05, 4.69) is 10.3 Å². The molecule has 0 saturated carbocycles. The highest BCUT2D eigenvalue weighted by atomic mass is 16.6. The quantitative estimate of drug-likeness (QED) is 0.928. The Morgan fingerprint density at radius 3 is 2.76 bits per heavy atom. The fourth-order valence-corrected chi connectivity index (χ4v) is 2.99. The molecule has 1 aromatic heterocycles. The summed E-state index contributed by atoms with van der Waals surface area (Å²) in [5.41, 5.74) is 0.596. The first-order valence-corrected chi connectivity index (χ1v) is 8.29. The lowest BCUT2D eigenvalue weighted by molar-refractivity contribution is -0.125. The van der Waals surface area contributed by atoms with Crippen LogP contribution in [0.25, 0.3) is 0 Å². The maximum Gasteiger partial charge on any atom is 0.410 e. The van der Waals surface area contributed by atoms with E-state index in [1.807, 2.05) is 30.3 Å². The molecule has 2 heterocycles. The highest BCUT2D eigenvalue weighted by Crippen LogP contribution is 2.31. The Hall–Kier alpha value is -2.89. The number of hydrogen-bond acceptors (Lipinski definition) is 4. The van der Waals surface area contributed by atoms with Crippen molar-refractivity contribution in [2.45, 2.75) is 31.9 Å². The number of amides is 2. The Kier molecular flexibility index (Phi) is 4.97. The van der Waals surface area contributed by atoms with Gasteiger partial charge in [0.05, 0.1) is 11.9 Å². The summed E-state index contributed by atoms with van der Waals surface area (Å²) >= 11 is 0. The molecular formula is C19H21N3O3. The van der Waals surface area contributed by atoms with Gasteiger partial charge < -0.3 is 10.1 Å². The second-order valence-corrected chi connectivity index (χ2v) is 6.27. The third-order valence-corrected chi connectivity index (χ3v) is 4.48. The first-order valence-electron chi connectivity index (χ1n) is 8.29. The van der Waals surface area contributed by atoms with E-state index in [-0.39, 0.29) is 12.5 Å². The Balaban J connectivity index is 1.65. The Labute approximate surface area is 146 Å². The van der Waals surface area contributed by atoms with Crippen molar-refractivity contribution in [2.24, 2.45) is 0 Å². The summed E-state index contributed by atoms with van der Waals surface area (Å²) in [6.07, 6.45) is 4.11. The molecule has 2 aromatic rings. The lowest BCUT2D eigenvalue weighted by atomic mass is 9.98. The van der Waals surface area contributed by atoms with Crippen LogP contribution in [-0.2, 0) is 16.1 Å². The van der Waals surface area contributed by atoms with Crippen LogP contribution in [0.1, 0.15) is 25.3 Å². The number of anilines is 1. The molecule has 3 rings (SSSR count). The van der Waals surface area contributed by atoms with E-state index in [4.69, 9.17) is 4.74 Å². The number of hydrogen-bond donors (Lipinski definition) is 1. The summed E-state index contributed by atoms with van der Waals surface area (Å²) in [5, 5.41) is 2.83. The van der Waals surface area contributed by atoms with Gasteiger partial charge in [0.2, 0.25) is 5.91 Å². The molecule has 1 aliphatic heterocycles. The van der Waals surface area contributed by atoms with Crippen LogP contribution in [0.2, 0.25) is 0 Å². The van der Waals surface area contributed by atoms with Gasteiger partial charge in [-0.15, -0.1) is 0 Å². The van der Waals surface area contributed by atoms with Crippen molar-refractivity contribution in [2.75, 3.05) is 11.9 Å². The van der Waals surface area contributed by atoms with Crippen LogP contribution < -0.4 is 5.32 Å². The summed E-state index contributed by atoms with van der Waals surface area (Å²) in [4.78, 5) is 30.7. The molecule has 0 aliphatic carbocycles. The van der Waals surface area contributed by atoms with Crippen LogP contribution in [0.5, 0.6) is 0 Å². The number of carbonyl (C=O) groups is 2. The van der Waals surface area contributed by atoms with Gasteiger partial charge in [0.25, 0.3) is 0 Å². The van der Waals surface area contributed by atoms with Gasteiger partial charge in [-0.25, -0.2) is 4.79 Å². The van der Waals surface area contributed by atoms with Crippen LogP contribution >= 0.6 is 0 Å². The maximum atomic E-state index is 12.7. The summed E-state index contributed by atoms with van der Waals surface area (Å²) in [6, 6.07) is 13.0. The van der Waals surface area contributed by atoms with Gasteiger partial charge in [-0.2, -0.15) is 0 Å². The normalized spacial score (nSPS) is 19.5. The number of aromatic nitrogens is 1. The van der Waals surface area contributed by atoms with Gasteiger partial charge in [0.15, 0.2) is 0 Å². The van der Waals surface area contributed by atoms with E-state index < -0.39 is 11.6 Å². The number of ether oxygens (including phenoxy) is 1. The SMILES string of the molecule is CC1(C(=O)Nc2cccnc2)CCCN1C(=O)OCc1ccccc1. The fourth-order valence-electron chi connectivity index (χ4n) is 2.99. The van der Waals surface area contributed by atoms with E-state index >= 15 is 0 Å². The lowest BCUT2D eigenvalue weighted by Gasteiger charge is -2.33. The second kappa shape index (κ2) is 7.34. The molecule has 1 fully saturated rings. The number of nitrogens with zero attached hydrogens (tertiary/aromatic N) is 2. The van der Waals surface area contributed by atoms with Crippen LogP contribution in [0.4, 0.5) is 10.5 Å². The fraction of sp³-hybridized carbons (Fsp3) is 0.316. The van der Waals surface area contributed by atoms with E-state index in [0.717, 1.165) is 12.0 Å². The van der Waals surface area contributed by atoms with E-state index in [9.17, 15) is 9.59 Å². The van der Waals surface area contributed by atoms with Crippen LogP contribution in [0.3, 0.4) is 0 Å². The van der Waals surface area contributed by atoms with E-state index in [0.29, 0.717) is 18.7 Å². The van der Waals surface area contributed by atoms with Gasteiger partial charge >= 0.3 is 6.09 Å². The molecule has 1 aliphatic rings. The van der Waals surface area contributed by atoms with Crippen molar-refractivity contribution in [1.82, 2.24) is 9.88 Å². The van der Waals surface area contributed by atoms with Crippen molar-refractivity contribution in [3.63, 3.8) is 0 Å². The predicted octanol–water partition coefficient (Wildman–Crippen LogP) is 3.21. The third-order valence-electron chi connectivity index (χ3n) is 4.48. The molecule has 25 heavy (non-hydrogen) atoms.